The maximum atomic E-state index is 14.3. The van der Waals surface area contributed by atoms with Crippen LogP contribution in [0.25, 0.3) is 0 Å². The van der Waals surface area contributed by atoms with E-state index in [4.69, 9.17) is 0 Å². The highest BCUT2D eigenvalue weighted by Crippen LogP contribution is 2.42. The van der Waals surface area contributed by atoms with Crippen molar-refractivity contribution < 1.29 is 13.2 Å². The zero-order valence-electron chi connectivity index (χ0n) is 18.8. The Balaban J connectivity index is 1.40. The van der Waals surface area contributed by atoms with Gasteiger partial charge in [0, 0.05) is 0 Å². The first-order chi connectivity index (χ1) is 14.5. The van der Waals surface area contributed by atoms with E-state index < -0.39 is 17.8 Å². The highest BCUT2D eigenvalue weighted by atomic mass is 19.3. The molecule has 2 saturated carbocycles. The lowest BCUT2D eigenvalue weighted by molar-refractivity contribution is 0.145. The summed E-state index contributed by atoms with van der Waals surface area (Å²) in [6, 6.07) is 3.27. The summed E-state index contributed by atoms with van der Waals surface area (Å²) in [5.41, 5.74) is 0.305. The Morgan fingerprint density at radius 1 is 0.967 bits per heavy atom. The Hall–Kier alpha value is -1.25. The first kappa shape index (κ1) is 23.4. The van der Waals surface area contributed by atoms with Gasteiger partial charge >= 0.3 is 0 Å². The molecule has 0 amide bonds. The number of aryl methyl sites for hydroxylation is 2. The summed E-state index contributed by atoms with van der Waals surface area (Å²) in [5, 5.41) is 0. The number of hydrogen-bond acceptors (Lipinski definition) is 0. The lowest BCUT2D eigenvalue weighted by Crippen LogP contribution is -2.25. The molecule has 1 aromatic carbocycles. The highest BCUT2D eigenvalue weighted by molar-refractivity contribution is 5.34. The van der Waals surface area contributed by atoms with Gasteiger partial charge in [0.05, 0.1) is 5.56 Å². The molecule has 3 heteroatoms. The largest absolute Gasteiger partial charge is 0.266 e. The lowest BCUT2D eigenvalue weighted by atomic mass is 9.68. The van der Waals surface area contributed by atoms with Crippen molar-refractivity contribution in [2.24, 2.45) is 23.7 Å². The van der Waals surface area contributed by atoms with Gasteiger partial charge in [-0.25, -0.2) is 13.2 Å². The van der Waals surface area contributed by atoms with Gasteiger partial charge in [0.1, 0.15) is 5.82 Å². The summed E-state index contributed by atoms with van der Waals surface area (Å²) in [7, 11) is 0. The van der Waals surface area contributed by atoms with Crippen molar-refractivity contribution in [1.82, 2.24) is 0 Å². The fourth-order valence-electron chi connectivity index (χ4n) is 5.89. The smallest absolute Gasteiger partial charge is 0.206 e. The van der Waals surface area contributed by atoms with Crippen molar-refractivity contribution in [1.29, 1.82) is 0 Å². The normalized spacial score (nSPS) is 27.8. The summed E-state index contributed by atoms with van der Waals surface area (Å²) in [5.74, 6) is 2.79. The third-order valence-corrected chi connectivity index (χ3v) is 7.76. The molecule has 30 heavy (non-hydrogen) atoms. The number of rotatable bonds is 8. The van der Waals surface area contributed by atoms with Gasteiger partial charge in [-0.3, -0.25) is 0 Å². The third kappa shape index (κ3) is 6.14. The molecule has 0 unspecified atom stereocenters. The summed E-state index contributed by atoms with van der Waals surface area (Å²) in [6.07, 6.45) is 16.6. The van der Waals surface area contributed by atoms with Crippen LogP contribution in [0.3, 0.4) is 0 Å². The molecule has 0 saturated heterocycles. The minimum absolute atomic E-state index is 0.331. The highest BCUT2D eigenvalue weighted by Gasteiger charge is 2.30. The molecule has 0 heterocycles. The molecule has 3 rings (SSSR count). The third-order valence-electron chi connectivity index (χ3n) is 7.76. The molecule has 0 nitrogen and oxygen atoms in total. The van der Waals surface area contributed by atoms with E-state index in [-0.39, 0.29) is 0 Å². The van der Waals surface area contributed by atoms with Gasteiger partial charge in [0.15, 0.2) is 0 Å². The van der Waals surface area contributed by atoms with Crippen LogP contribution in [-0.2, 0) is 6.42 Å². The number of alkyl halides is 2. The van der Waals surface area contributed by atoms with Crippen LogP contribution >= 0.6 is 0 Å². The van der Waals surface area contributed by atoms with E-state index in [1.54, 1.807) is 19.1 Å². The number of hydrogen-bond donors (Lipinski definition) is 0. The molecule has 1 aromatic rings. The van der Waals surface area contributed by atoms with E-state index in [1.165, 1.54) is 64.2 Å². The van der Waals surface area contributed by atoms with Crippen LogP contribution in [-0.4, -0.2) is 0 Å². The molecule has 2 aliphatic rings. The summed E-state index contributed by atoms with van der Waals surface area (Å²) in [6.45, 7) is 3.85. The molecule has 2 fully saturated rings. The average molecular weight is 421 g/mol. The number of allylic oxidation sites excluding steroid dienone is 2. The second-order valence-electron chi connectivity index (χ2n) is 9.78. The first-order valence-corrected chi connectivity index (χ1v) is 12.2. The molecule has 0 radical (unpaired) electrons. The molecule has 0 spiro atoms. The van der Waals surface area contributed by atoms with Crippen LogP contribution in [0.5, 0.6) is 0 Å². The van der Waals surface area contributed by atoms with Gasteiger partial charge in [0.25, 0.3) is 6.43 Å². The van der Waals surface area contributed by atoms with E-state index in [1.807, 2.05) is 0 Å². The average Bonchev–Trinajstić information content (AvgIpc) is 2.74. The Labute approximate surface area is 181 Å². The molecular formula is C27H39F3. The van der Waals surface area contributed by atoms with Gasteiger partial charge in [-0.1, -0.05) is 56.9 Å². The maximum Gasteiger partial charge on any atom is 0.266 e. The predicted molar refractivity (Wildman–Crippen MR) is 119 cm³/mol. The SMILES string of the molecule is CCCC1CCC(C2CCC(C=CCCc3ccc(C)c(C(F)F)c3F)CC2)CC1. The van der Waals surface area contributed by atoms with E-state index in [2.05, 4.69) is 19.1 Å². The van der Waals surface area contributed by atoms with E-state index in [0.717, 1.165) is 17.8 Å². The Morgan fingerprint density at radius 2 is 1.60 bits per heavy atom. The molecular weight excluding hydrogens is 381 g/mol. The van der Waals surface area contributed by atoms with Crippen molar-refractivity contribution in [3.63, 3.8) is 0 Å². The fourth-order valence-corrected chi connectivity index (χ4v) is 5.89. The maximum absolute atomic E-state index is 14.3. The van der Waals surface area contributed by atoms with Crippen LogP contribution in [0.15, 0.2) is 24.3 Å². The fraction of sp³-hybridized carbons (Fsp3) is 0.704. The van der Waals surface area contributed by atoms with Gasteiger partial charge in [-0.2, -0.15) is 0 Å². The molecule has 0 atom stereocenters. The minimum Gasteiger partial charge on any atom is -0.206 e. The van der Waals surface area contributed by atoms with E-state index >= 15 is 0 Å². The Bertz CT molecular complexity index is 678. The van der Waals surface area contributed by atoms with Crippen LogP contribution in [0, 0.1) is 36.4 Å². The zero-order valence-corrected chi connectivity index (χ0v) is 18.8. The molecule has 2 aliphatic carbocycles. The van der Waals surface area contributed by atoms with Crippen molar-refractivity contribution in [3.05, 3.63) is 46.8 Å². The second kappa shape index (κ2) is 11.4. The quantitative estimate of drug-likeness (QED) is 0.368. The van der Waals surface area contributed by atoms with Gasteiger partial charge < -0.3 is 0 Å². The number of halogens is 3. The van der Waals surface area contributed by atoms with Crippen molar-refractivity contribution >= 4 is 0 Å². The lowest BCUT2D eigenvalue weighted by Gasteiger charge is -2.37. The summed E-state index contributed by atoms with van der Waals surface area (Å²) >= 11 is 0. The molecule has 0 aromatic heterocycles. The van der Waals surface area contributed by atoms with E-state index in [0.29, 0.717) is 29.9 Å². The van der Waals surface area contributed by atoms with Crippen LogP contribution in [0.1, 0.15) is 101 Å². The molecule has 0 aliphatic heterocycles. The van der Waals surface area contributed by atoms with Crippen LogP contribution < -0.4 is 0 Å². The zero-order chi connectivity index (χ0) is 21.5. The summed E-state index contributed by atoms with van der Waals surface area (Å²) in [4.78, 5) is 0. The first-order valence-electron chi connectivity index (χ1n) is 12.2. The van der Waals surface area contributed by atoms with E-state index in [9.17, 15) is 13.2 Å². The second-order valence-corrected chi connectivity index (χ2v) is 9.78. The topological polar surface area (TPSA) is 0 Å². The molecule has 0 N–H and O–H groups in total. The van der Waals surface area contributed by atoms with Crippen LogP contribution in [0.2, 0.25) is 0 Å². The van der Waals surface area contributed by atoms with Crippen molar-refractivity contribution in [2.45, 2.75) is 97.3 Å². The van der Waals surface area contributed by atoms with Crippen molar-refractivity contribution in [2.75, 3.05) is 0 Å². The molecule has 168 valence electrons. The Kier molecular flexibility index (Phi) is 8.89. The van der Waals surface area contributed by atoms with Crippen molar-refractivity contribution in [3.8, 4) is 0 Å². The standard InChI is InChI=1S/C27H39F3/c1-3-6-20-10-15-22(16-11-20)23-17-12-21(13-18-23)7-4-5-8-24-14-9-19(2)25(26(24)28)27(29)30/h4,7,9,14,20-23,27H,3,5-6,8,10-13,15-18H2,1-2H3. The van der Waals surface area contributed by atoms with Gasteiger partial charge in [-0.05, 0) is 93.1 Å². The number of benzene rings is 1. The molecule has 0 bridgehead atoms. The van der Waals surface area contributed by atoms with Gasteiger partial charge in [0.2, 0.25) is 0 Å². The Morgan fingerprint density at radius 3 is 2.20 bits per heavy atom. The summed E-state index contributed by atoms with van der Waals surface area (Å²) < 4.78 is 40.5. The monoisotopic (exact) mass is 420 g/mol. The van der Waals surface area contributed by atoms with Gasteiger partial charge in [-0.15, -0.1) is 0 Å². The van der Waals surface area contributed by atoms with Crippen LogP contribution in [0.4, 0.5) is 13.2 Å². The predicted octanol–water partition coefficient (Wildman–Crippen LogP) is 8.97. The minimum atomic E-state index is -2.75.